The maximum absolute atomic E-state index is 12.4. The highest BCUT2D eigenvalue weighted by Crippen LogP contribution is 2.28. The zero-order valence-electron chi connectivity index (χ0n) is 17.9. The molecule has 1 aliphatic heterocycles. The Morgan fingerprint density at radius 2 is 1.93 bits per heavy atom. The number of amides is 2. The van der Waals surface area contributed by atoms with Crippen molar-refractivity contribution < 1.29 is 9.59 Å². The Labute approximate surface area is 173 Å². The van der Waals surface area contributed by atoms with Gasteiger partial charge in [-0.3, -0.25) is 9.59 Å². The van der Waals surface area contributed by atoms with E-state index in [1.165, 1.54) is 6.92 Å². The Kier molecular flexibility index (Phi) is 6.72. The summed E-state index contributed by atoms with van der Waals surface area (Å²) in [6.07, 6.45) is 2.73. The number of benzene rings is 1. The number of rotatable bonds is 6. The van der Waals surface area contributed by atoms with Crippen LogP contribution in [-0.2, 0) is 9.59 Å². The van der Waals surface area contributed by atoms with Gasteiger partial charge in [0.25, 0.3) is 0 Å². The minimum atomic E-state index is -0.0808. The van der Waals surface area contributed by atoms with E-state index in [0.717, 1.165) is 66.9 Å². The fourth-order valence-corrected chi connectivity index (χ4v) is 3.82. The van der Waals surface area contributed by atoms with Crippen molar-refractivity contribution in [3.8, 4) is 0 Å². The summed E-state index contributed by atoms with van der Waals surface area (Å²) < 4.78 is 0. The molecule has 2 aromatic rings. The first-order valence-electron chi connectivity index (χ1n) is 10.5. The van der Waals surface area contributed by atoms with Gasteiger partial charge in [-0.2, -0.15) is 0 Å². The van der Waals surface area contributed by atoms with Gasteiger partial charge < -0.3 is 15.5 Å². The largest absolute Gasteiger partial charge is 0.357 e. The molecule has 1 aromatic heterocycles. The molecule has 1 aliphatic rings. The number of hydrogen-bond acceptors (Lipinski definition) is 4. The van der Waals surface area contributed by atoms with Crippen LogP contribution in [0.15, 0.2) is 24.3 Å². The zero-order valence-corrected chi connectivity index (χ0v) is 17.9. The molecule has 2 amide bonds. The number of nitrogens with one attached hydrogen (secondary N) is 2. The molecule has 156 valence electrons. The number of piperidine rings is 1. The summed E-state index contributed by atoms with van der Waals surface area (Å²) in [7, 11) is 0. The van der Waals surface area contributed by atoms with Crippen molar-refractivity contribution in [2.75, 3.05) is 29.9 Å². The molecule has 29 heavy (non-hydrogen) atoms. The minimum Gasteiger partial charge on any atom is -0.357 e. The molecule has 1 aromatic carbocycles. The van der Waals surface area contributed by atoms with Crippen LogP contribution in [0.3, 0.4) is 0 Å². The molecule has 3 rings (SSSR count). The molecule has 0 spiro atoms. The number of aryl methyl sites for hydroxylation is 1. The lowest BCUT2D eigenvalue weighted by Crippen LogP contribution is -2.41. The molecular formula is C23H32N4O2. The highest BCUT2D eigenvalue weighted by Gasteiger charge is 2.25. The first kappa shape index (κ1) is 21.1. The summed E-state index contributed by atoms with van der Waals surface area (Å²) in [5, 5.41) is 6.95. The molecule has 0 unspecified atom stereocenters. The summed E-state index contributed by atoms with van der Waals surface area (Å²) in [4.78, 5) is 30.8. The SMILES string of the molecule is CC(=O)Nc1ccc2nc(N3CCC(C(=O)NCCC(C)C)CC3)cc(C)c2c1. The van der Waals surface area contributed by atoms with Crippen molar-refractivity contribution in [3.05, 3.63) is 29.8 Å². The number of carbonyl (C=O) groups is 2. The second-order valence-electron chi connectivity index (χ2n) is 8.45. The molecule has 0 saturated carbocycles. The van der Waals surface area contributed by atoms with Crippen LogP contribution in [-0.4, -0.2) is 36.4 Å². The Bertz CT molecular complexity index is 886. The number of hydrogen-bond donors (Lipinski definition) is 2. The van der Waals surface area contributed by atoms with Crippen molar-refractivity contribution in [3.63, 3.8) is 0 Å². The van der Waals surface area contributed by atoms with Crippen molar-refractivity contribution in [1.82, 2.24) is 10.3 Å². The molecule has 0 aliphatic carbocycles. The third-order valence-electron chi connectivity index (χ3n) is 5.53. The van der Waals surface area contributed by atoms with Crippen LogP contribution in [0.1, 0.15) is 45.6 Å². The topological polar surface area (TPSA) is 74.3 Å². The number of nitrogens with zero attached hydrogens (tertiary/aromatic N) is 2. The highest BCUT2D eigenvalue weighted by atomic mass is 16.2. The van der Waals surface area contributed by atoms with E-state index in [4.69, 9.17) is 4.98 Å². The van der Waals surface area contributed by atoms with Crippen LogP contribution >= 0.6 is 0 Å². The van der Waals surface area contributed by atoms with Crippen molar-refractivity contribution in [2.45, 2.75) is 47.0 Å². The van der Waals surface area contributed by atoms with Gasteiger partial charge in [0.05, 0.1) is 5.52 Å². The van der Waals surface area contributed by atoms with E-state index in [2.05, 4.69) is 42.4 Å². The number of aromatic nitrogens is 1. The van der Waals surface area contributed by atoms with E-state index >= 15 is 0 Å². The highest BCUT2D eigenvalue weighted by molar-refractivity contribution is 5.93. The number of fused-ring (bicyclic) bond motifs is 1. The third kappa shape index (κ3) is 5.46. The fraction of sp³-hybridized carbons (Fsp3) is 0.522. The molecule has 0 atom stereocenters. The van der Waals surface area contributed by atoms with E-state index in [1.54, 1.807) is 0 Å². The first-order valence-corrected chi connectivity index (χ1v) is 10.5. The van der Waals surface area contributed by atoms with Gasteiger partial charge in [0, 0.05) is 43.5 Å². The van der Waals surface area contributed by atoms with Gasteiger partial charge in [-0.1, -0.05) is 13.8 Å². The lowest BCUT2D eigenvalue weighted by atomic mass is 9.95. The summed E-state index contributed by atoms with van der Waals surface area (Å²) in [5.74, 6) is 1.77. The van der Waals surface area contributed by atoms with E-state index in [-0.39, 0.29) is 17.7 Å². The lowest BCUT2D eigenvalue weighted by molar-refractivity contribution is -0.125. The average Bonchev–Trinajstić information content (AvgIpc) is 2.67. The van der Waals surface area contributed by atoms with Crippen LogP contribution in [0.2, 0.25) is 0 Å². The molecule has 6 heteroatoms. The van der Waals surface area contributed by atoms with Gasteiger partial charge in [0.15, 0.2) is 0 Å². The van der Waals surface area contributed by atoms with Crippen LogP contribution in [0, 0.1) is 18.8 Å². The van der Waals surface area contributed by atoms with Crippen LogP contribution in [0.5, 0.6) is 0 Å². The third-order valence-corrected chi connectivity index (χ3v) is 5.53. The van der Waals surface area contributed by atoms with Crippen molar-refractivity contribution in [2.24, 2.45) is 11.8 Å². The van der Waals surface area contributed by atoms with E-state index < -0.39 is 0 Å². The van der Waals surface area contributed by atoms with Gasteiger partial charge in [-0.15, -0.1) is 0 Å². The van der Waals surface area contributed by atoms with Gasteiger partial charge >= 0.3 is 0 Å². The second kappa shape index (κ2) is 9.25. The predicted octanol–water partition coefficient (Wildman–Crippen LogP) is 3.88. The molecule has 2 N–H and O–H groups in total. The molecular weight excluding hydrogens is 364 g/mol. The molecule has 0 bridgehead atoms. The van der Waals surface area contributed by atoms with E-state index in [9.17, 15) is 9.59 Å². The van der Waals surface area contributed by atoms with Gasteiger partial charge in [-0.05, 0) is 61.9 Å². The monoisotopic (exact) mass is 396 g/mol. The lowest BCUT2D eigenvalue weighted by Gasteiger charge is -2.32. The normalized spacial score (nSPS) is 15.0. The van der Waals surface area contributed by atoms with Crippen LogP contribution in [0.25, 0.3) is 10.9 Å². The Morgan fingerprint density at radius 3 is 2.59 bits per heavy atom. The quantitative estimate of drug-likeness (QED) is 0.777. The summed E-state index contributed by atoms with van der Waals surface area (Å²) >= 11 is 0. The fourth-order valence-electron chi connectivity index (χ4n) is 3.82. The summed E-state index contributed by atoms with van der Waals surface area (Å²) in [6, 6.07) is 7.90. The Balaban J connectivity index is 1.64. The number of pyridine rings is 1. The van der Waals surface area contributed by atoms with Crippen molar-refractivity contribution >= 4 is 34.2 Å². The van der Waals surface area contributed by atoms with Crippen LogP contribution in [0.4, 0.5) is 11.5 Å². The number of anilines is 2. The maximum Gasteiger partial charge on any atom is 0.223 e. The molecule has 2 heterocycles. The van der Waals surface area contributed by atoms with E-state index in [1.807, 2.05) is 18.2 Å². The molecule has 1 saturated heterocycles. The van der Waals surface area contributed by atoms with Gasteiger partial charge in [0.1, 0.15) is 5.82 Å². The van der Waals surface area contributed by atoms with E-state index in [0.29, 0.717) is 5.92 Å². The maximum atomic E-state index is 12.4. The summed E-state index contributed by atoms with van der Waals surface area (Å²) in [5.41, 5.74) is 2.83. The standard InChI is InChI=1S/C23H32N4O2/c1-15(2)7-10-24-23(29)18-8-11-27(12-9-18)22-13-16(3)20-14-19(25-17(4)28)5-6-21(20)26-22/h5-6,13-15,18H,7-12H2,1-4H3,(H,24,29)(H,25,28). The minimum absolute atomic E-state index is 0.0808. The Morgan fingerprint density at radius 1 is 1.21 bits per heavy atom. The Hall–Kier alpha value is -2.63. The molecule has 0 radical (unpaired) electrons. The second-order valence-corrected chi connectivity index (χ2v) is 8.45. The average molecular weight is 397 g/mol. The smallest absolute Gasteiger partial charge is 0.223 e. The van der Waals surface area contributed by atoms with Crippen LogP contribution < -0.4 is 15.5 Å². The zero-order chi connectivity index (χ0) is 21.0. The predicted molar refractivity (Wildman–Crippen MR) is 118 cm³/mol. The van der Waals surface area contributed by atoms with Gasteiger partial charge in [0.2, 0.25) is 11.8 Å². The van der Waals surface area contributed by atoms with Gasteiger partial charge in [-0.25, -0.2) is 4.98 Å². The molecule has 6 nitrogen and oxygen atoms in total. The summed E-state index contributed by atoms with van der Waals surface area (Å²) in [6.45, 7) is 10.4. The first-order chi connectivity index (χ1) is 13.8. The van der Waals surface area contributed by atoms with Crippen molar-refractivity contribution in [1.29, 1.82) is 0 Å². The number of carbonyl (C=O) groups excluding carboxylic acids is 2. The molecule has 1 fully saturated rings.